The first kappa shape index (κ1) is 23.1. The number of aromatic nitrogens is 3. The summed E-state index contributed by atoms with van der Waals surface area (Å²) in [6.07, 6.45) is 2.12. The van der Waals surface area contributed by atoms with E-state index in [0.29, 0.717) is 24.6 Å². The minimum atomic E-state index is -5.52. The minimum Gasteiger partial charge on any atom is -0.789 e. The molecule has 2 aromatic heterocycles. The van der Waals surface area contributed by atoms with E-state index in [4.69, 9.17) is 14.8 Å². The standard InChI is InChI=1S/C14H22N4O7P2S/c1-4-23-27(22,25-26(19,20)21)24-6-5-13-10(2)18(9-28-13)8-12-7-16-11(3)17-14(12)15/h7,9H,4-6,8H2,1-3H3,(H3-,15,16,17,19,20,21). The summed E-state index contributed by atoms with van der Waals surface area (Å²) < 4.78 is 38.5. The number of rotatable bonds is 10. The van der Waals surface area contributed by atoms with Gasteiger partial charge < -0.3 is 20.1 Å². The molecule has 0 amide bonds. The van der Waals surface area contributed by atoms with Gasteiger partial charge in [0.15, 0.2) is 12.2 Å². The lowest BCUT2D eigenvalue weighted by Crippen LogP contribution is -2.36. The van der Waals surface area contributed by atoms with Gasteiger partial charge in [0, 0.05) is 20.3 Å². The maximum atomic E-state index is 12.2. The van der Waals surface area contributed by atoms with Crippen LogP contribution in [-0.4, -0.2) is 18.2 Å². The van der Waals surface area contributed by atoms with Gasteiger partial charge in [0.2, 0.25) is 5.51 Å². The number of nitrogens with two attached hydrogens (primary N) is 1. The third-order valence-corrected chi connectivity index (χ3v) is 7.45. The lowest BCUT2D eigenvalue weighted by atomic mass is 10.2. The van der Waals surface area contributed by atoms with Crippen LogP contribution in [0.1, 0.15) is 28.9 Å². The summed E-state index contributed by atoms with van der Waals surface area (Å²) in [6.45, 7) is 5.39. The monoisotopic (exact) mass is 452 g/mol. The maximum Gasteiger partial charge on any atom is 0.478 e. The van der Waals surface area contributed by atoms with Crippen molar-refractivity contribution >= 4 is 32.8 Å². The second-order valence-electron chi connectivity index (χ2n) is 5.73. The molecule has 0 radical (unpaired) electrons. The number of aryl methyl sites for hydroxylation is 1. The molecule has 0 aliphatic carbocycles. The number of phosphoric acid groups is 2. The van der Waals surface area contributed by atoms with Gasteiger partial charge in [0.25, 0.3) is 11.6 Å². The Labute approximate surface area is 166 Å². The fraction of sp³-hybridized carbons (Fsp3) is 0.500. The van der Waals surface area contributed by atoms with Crippen molar-refractivity contribution in [1.82, 2.24) is 4.98 Å². The molecule has 0 bridgehead atoms. The van der Waals surface area contributed by atoms with Crippen LogP contribution in [0.5, 0.6) is 0 Å². The predicted molar refractivity (Wildman–Crippen MR) is 95.9 cm³/mol. The van der Waals surface area contributed by atoms with Crippen LogP contribution < -0.4 is 25.1 Å². The van der Waals surface area contributed by atoms with Gasteiger partial charge in [-0.25, -0.2) is 9.55 Å². The highest BCUT2D eigenvalue weighted by Crippen LogP contribution is 2.57. The molecule has 156 valence electrons. The van der Waals surface area contributed by atoms with Crippen LogP contribution in [0.25, 0.3) is 0 Å². The normalized spacial score (nSPS) is 14.2. The summed E-state index contributed by atoms with van der Waals surface area (Å²) in [6, 6.07) is 0. The Morgan fingerprint density at radius 3 is 2.64 bits per heavy atom. The van der Waals surface area contributed by atoms with Crippen molar-refractivity contribution in [2.24, 2.45) is 0 Å². The third kappa shape index (κ3) is 6.68. The number of hydrogen-bond donors (Lipinski definition) is 1. The number of aromatic amines is 1. The van der Waals surface area contributed by atoms with Crippen molar-refractivity contribution in [2.75, 3.05) is 18.9 Å². The molecular weight excluding hydrogens is 430 g/mol. The van der Waals surface area contributed by atoms with Crippen molar-refractivity contribution in [1.29, 1.82) is 0 Å². The molecule has 14 heteroatoms. The molecule has 0 saturated carbocycles. The molecule has 3 N–H and O–H groups in total. The Bertz CT molecular complexity index is 917. The first-order chi connectivity index (χ1) is 13.0. The van der Waals surface area contributed by atoms with Gasteiger partial charge >= 0.3 is 7.82 Å². The molecule has 2 heterocycles. The highest BCUT2D eigenvalue weighted by Gasteiger charge is 2.28. The first-order valence-corrected chi connectivity index (χ1v) is 12.1. The zero-order valence-electron chi connectivity index (χ0n) is 15.6. The molecule has 28 heavy (non-hydrogen) atoms. The summed E-state index contributed by atoms with van der Waals surface area (Å²) >= 11 is 1.44. The van der Waals surface area contributed by atoms with Crippen LogP contribution in [0.2, 0.25) is 0 Å². The maximum absolute atomic E-state index is 12.2. The number of phosphoric ester groups is 1. The molecule has 0 spiro atoms. The van der Waals surface area contributed by atoms with Gasteiger partial charge in [-0.2, -0.15) is 4.57 Å². The van der Waals surface area contributed by atoms with Crippen molar-refractivity contribution in [3.63, 3.8) is 0 Å². The lowest BCUT2D eigenvalue weighted by Gasteiger charge is -2.31. The smallest absolute Gasteiger partial charge is 0.478 e. The molecule has 0 aromatic carbocycles. The molecule has 0 saturated heterocycles. The van der Waals surface area contributed by atoms with Crippen LogP contribution in [0.3, 0.4) is 0 Å². The minimum absolute atomic E-state index is 0.141. The summed E-state index contributed by atoms with van der Waals surface area (Å²) in [7, 11) is -9.99. The summed E-state index contributed by atoms with van der Waals surface area (Å²) in [5.41, 5.74) is 9.59. The number of anilines is 1. The Morgan fingerprint density at radius 1 is 1.32 bits per heavy atom. The molecule has 0 aliphatic heterocycles. The molecular formula is C14H22N4O7P2S. The Morgan fingerprint density at radius 2 is 2.04 bits per heavy atom. The Balaban J connectivity index is 2.02. The summed E-state index contributed by atoms with van der Waals surface area (Å²) in [5.74, 6) is 1.15. The van der Waals surface area contributed by atoms with Crippen LogP contribution in [0.15, 0.2) is 11.7 Å². The van der Waals surface area contributed by atoms with Crippen LogP contribution in [0.4, 0.5) is 5.82 Å². The van der Waals surface area contributed by atoms with E-state index in [1.165, 1.54) is 18.3 Å². The van der Waals surface area contributed by atoms with Gasteiger partial charge in [0.05, 0.1) is 25.9 Å². The van der Waals surface area contributed by atoms with E-state index in [2.05, 4.69) is 14.3 Å². The molecule has 1 atom stereocenters. The fourth-order valence-corrected chi connectivity index (χ4v) is 5.36. The van der Waals surface area contributed by atoms with Crippen molar-refractivity contribution in [3.05, 3.63) is 33.7 Å². The van der Waals surface area contributed by atoms with Crippen molar-refractivity contribution in [2.45, 2.75) is 33.7 Å². The lowest BCUT2D eigenvalue weighted by molar-refractivity contribution is -0.690. The van der Waals surface area contributed by atoms with E-state index in [9.17, 15) is 18.9 Å². The first-order valence-electron chi connectivity index (χ1n) is 8.25. The predicted octanol–water partition coefficient (Wildman–Crippen LogP) is 0.0410. The molecule has 0 aliphatic rings. The zero-order chi connectivity index (χ0) is 20.9. The number of thiazole rings is 1. The highest BCUT2D eigenvalue weighted by atomic mass is 32.1. The Hall–Kier alpha value is -1.23. The Kier molecular flexibility index (Phi) is 7.83. The van der Waals surface area contributed by atoms with E-state index in [1.807, 2.05) is 23.9 Å². The topological polar surface area (TPSA) is 165 Å². The fourth-order valence-electron chi connectivity index (χ4n) is 2.32. The summed E-state index contributed by atoms with van der Waals surface area (Å²) in [4.78, 5) is 29.6. The average Bonchev–Trinajstić information content (AvgIpc) is 2.89. The summed E-state index contributed by atoms with van der Waals surface area (Å²) in [5, 5.41) is 0. The van der Waals surface area contributed by atoms with Gasteiger partial charge in [-0.15, -0.1) is 0 Å². The van der Waals surface area contributed by atoms with E-state index >= 15 is 0 Å². The second kappa shape index (κ2) is 9.51. The van der Waals surface area contributed by atoms with E-state index in [1.54, 1.807) is 6.20 Å². The average molecular weight is 452 g/mol. The number of nitrogens with one attached hydrogen (secondary N) is 1. The quantitative estimate of drug-likeness (QED) is 0.387. The van der Waals surface area contributed by atoms with Crippen LogP contribution in [-0.2, 0) is 35.5 Å². The van der Waals surface area contributed by atoms with Gasteiger partial charge in [-0.1, -0.05) is 11.3 Å². The van der Waals surface area contributed by atoms with E-state index < -0.39 is 15.6 Å². The number of nitrogens with zero attached hydrogens (tertiary/aromatic N) is 2. The molecule has 0 fully saturated rings. The van der Waals surface area contributed by atoms with Gasteiger partial charge in [0.1, 0.15) is 11.8 Å². The van der Waals surface area contributed by atoms with Crippen molar-refractivity contribution < 1.29 is 41.8 Å². The van der Waals surface area contributed by atoms with Gasteiger partial charge in [-0.3, -0.25) is 13.4 Å². The number of nitrogen functional groups attached to an aromatic ring is 1. The van der Waals surface area contributed by atoms with E-state index in [0.717, 1.165) is 16.1 Å². The molecule has 11 nitrogen and oxygen atoms in total. The number of H-pyrrole nitrogens is 1. The van der Waals surface area contributed by atoms with E-state index in [-0.39, 0.29) is 13.2 Å². The molecule has 2 aromatic rings. The molecule has 1 unspecified atom stereocenters. The largest absolute Gasteiger partial charge is 0.789 e. The third-order valence-electron chi connectivity index (χ3n) is 3.64. The highest BCUT2D eigenvalue weighted by molar-refractivity contribution is 7.60. The van der Waals surface area contributed by atoms with Crippen LogP contribution in [0, 0.1) is 13.8 Å². The molecule has 2 rings (SSSR count). The van der Waals surface area contributed by atoms with Crippen molar-refractivity contribution in [3.8, 4) is 0 Å². The number of hydrogen-bond acceptors (Lipinski definition) is 10. The van der Waals surface area contributed by atoms with Gasteiger partial charge in [-0.05, 0) is 11.9 Å². The second-order valence-corrected chi connectivity index (χ2v) is 9.63. The zero-order valence-corrected chi connectivity index (χ0v) is 18.2. The van der Waals surface area contributed by atoms with Crippen LogP contribution >= 0.6 is 27.0 Å². The SMILES string of the molecule is CCOP(=O)(OCCc1sc[n+](Cc2c[nH+]c(C)nc2N)c1C)OP(=O)([O-])[O-].